The maximum Gasteiger partial charge on any atom is 0.223 e. The summed E-state index contributed by atoms with van der Waals surface area (Å²) in [6.07, 6.45) is 5.36. The van der Waals surface area contributed by atoms with Crippen LogP contribution in [0, 0.1) is 18.3 Å². The predicted molar refractivity (Wildman–Crippen MR) is 91.6 cm³/mol. The Kier molecular flexibility index (Phi) is 5.21. The van der Waals surface area contributed by atoms with Gasteiger partial charge in [-0.25, -0.2) is 0 Å². The number of carbonyl (C=O) groups is 1. The van der Waals surface area contributed by atoms with Gasteiger partial charge in [0, 0.05) is 12.5 Å². The summed E-state index contributed by atoms with van der Waals surface area (Å²) in [5.74, 6) is 1.46. The van der Waals surface area contributed by atoms with Crippen molar-refractivity contribution in [3.8, 4) is 5.75 Å². The zero-order chi connectivity index (χ0) is 16.1. The highest BCUT2D eigenvalue weighted by molar-refractivity contribution is 5.82. The van der Waals surface area contributed by atoms with Gasteiger partial charge in [-0.05, 0) is 69.7 Å². The number of carbonyl (C=O) groups excluding carboxylic acids is 1. The molecule has 1 aliphatic heterocycles. The first kappa shape index (κ1) is 16.3. The molecule has 0 aromatic heterocycles. The number of piperidine rings is 1. The van der Waals surface area contributed by atoms with Crippen molar-refractivity contribution in [3.05, 3.63) is 29.8 Å². The molecule has 1 atom stereocenters. The summed E-state index contributed by atoms with van der Waals surface area (Å²) in [7, 11) is 0. The smallest absolute Gasteiger partial charge is 0.223 e. The lowest BCUT2D eigenvalue weighted by Gasteiger charge is -2.23. The average molecular weight is 316 g/mol. The molecule has 1 saturated heterocycles. The van der Waals surface area contributed by atoms with E-state index in [1.165, 1.54) is 5.56 Å². The van der Waals surface area contributed by atoms with Crippen molar-refractivity contribution >= 4 is 5.91 Å². The van der Waals surface area contributed by atoms with Crippen LogP contribution in [0.15, 0.2) is 24.3 Å². The van der Waals surface area contributed by atoms with Crippen LogP contribution in [-0.2, 0) is 4.79 Å². The molecule has 1 spiro atoms. The summed E-state index contributed by atoms with van der Waals surface area (Å²) >= 11 is 0. The normalized spacial score (nSPS) is 21.9. The topological polar surface area (TPSA) is 50.4 Å². The summed E-state index contributed by atoms with van der Waals surface area (Å²) < 4.78 is 5.70. The van der Waals surface area contributed by atoms with Crippen molar-refractivity contribution in [2.24, 2.45) is 11.3 Å². The molecule has 1 aliphatic carbocycles. The summed E-state index contributed by atoms with van der Waals surface area (Å²) in [6.45, 7) is 5.68. The van der Waals surface area contributed by atoms with Gasteiger partial charge in [0.1, 0.15) is 5.75 Å². The highest BCUT2D eigenvalue weighted by atomic mass is 16.5. The van der Waals surface area contributed by atoms with E-state index in [0.29, 0.717) is 12.0 Å². The van der Waals surface area contributed by atoms with Crippen LogP contribution in [0.4, 0.5) is 0 Å². The van der Waals surface area contributed by atoms with E-state index < -0.39 is 0 Å². The number of benzene rings is 1. The Labute approximate surface area is 139 Å². The zero-order valence-corrected chi connectivity index (χ0v) is 14.1. The molecule has 2 aliphatic rings. The molecular weight excluding hydrogens is 288 g/mol. The molecule has 3 rings (SSSR count). The molecule has 2 fully saturated rings. The van der Waals surface area contributed by atoms with Gasteiger partial charge in [-0.15, -0.1) is 0 Å². The van der Waals surface area contributed by atoms with E-state index in [0.717, 1.165) is 57.5 Å². The van der Waals surface area contributed by atoms with Gasteiger partial charge < -0.3 is 15.4 Å². The molecule has 4 nitrogen and oxygen atoms in total. The molecule has 23 heavy (non-hydrogen) atoms. The van der Waals surface area contributed by atoms with Gasteiger partial charge in [0.2, 0.25) is 5.91 Å². The van der Waals surface area contributed by atoms with Crippen LogP contribution in [0.1, 0.15) is 37.7 Å². The highest BCUT2D eigenvalue weighted by Gasteiger charge is 2.57. The fraction of sp³-hybridized carbons (Fsp3) is 0.632. The molecular formula is C19H28N2O2. The minimum atomic E-state index is 0.270. The summed E-state index contributed by atoms with van der Waals surface area (Å²) in [5.41, 5.74) is 1.58. The van der Waals surface area contributed by atoms with Gasteiger partial charge in [-0.3, -0.25) is 4.79 Å². The van der Waals surface area contributed by atoms with E-state index in [1.54, 1.807) is 0 Å². The van der Waals surface area contributed by atoms with Crippen LogP contribution in [0.5, 0.6) is 5.75 Å². The van der Waals surface area contributed by atoms with E-state index in [1.807, 2.05) is 12.1 Å². The van der Waals surface area contributed by atoms with Gasteiger partial charge in [0.25, 0.3) is 0 Å². The SMILES string of the molecule is Cc1ccc(OCCCCNC(=O)C2CC23CCNCC3)cc1. The first-order valence-electron chi connectivity index (χ1n) is 8.88. The summed E-state index contributed by atoms with van der Waals surface area (Å²) in [5, 5.41) is 6.48. The second-order valence-electron chi connectivity index (χ2n) is 7.03. The van der Waals surface area contributed by atoms with Crippen LogP contribution < -0.4 is 15.4 Å². The largest absolute Gasteiger partial charge is 0.494 e. The van der Waals surface area contributed by atoms with Gasteiger partial charge in [0.15, 0.2) is 0 Å². The maximum absolute atomic E-state index is 12.2. The minimum Gasteiger partial charge on any atom is -0.494 e. The molecule has 1 aromatic carbocycles. The van der Waals surface area contributed by atoms with E-state index in [2.05, 4.69) is 29.7 Å². The molecule has 1 heterocycles. The zero-order valence-electron chi connectivity index (χ0n) is 14.1. The lowest BCUT2D eigenvalue weighted by atomic mass is 9.92. The van der Waals surface area contributed by atoms with Crippen molar-refractivity contribution in [3.63, 3.8) is 0 Å². The molecule has 2 N–H and O–H groups in total. The fourth-order valence-corrected chi connectivity index (χ4v) is 3.58. The lowest BCUT2D eigenvalue weighted by Crippen LogP contribution is -2.34. The minimum absolute atomic E-state index is 0.270. The van der Waals surface area contributed by atoms with Crippen molar-refractivity contribution in [1.29, 1.82) is 0 Å². The Morgan fingerprint density at radius 3 is 2.74 bits per heavy atom. The Morgan fingerprint density at radius 2 is 2.00 bits per heavy atom. The Morgan fingerprint density at radius 1 is 1.26 bits per heavy atom. The number of aryl methyl sites for hydroxylation is 1. The van der Waals surface area contributed by atoms with Crippen molar-refractivity contribution in [2.45, 2.75) is 39.0 Å². The van der Waals surface area contributed by atoms with Crippen LogP contribution in [0.2, 0.25) is 0 Å². The number of hydrogen-bond acceptors (Lipinski definition) is 3. The first-order valence-corrected chi connectivity index (χ1v) is 8.88. The number of unbranched alkanes of at least 4 members (excludes halogenated alkanes) is 1. The summed E-state index contributed by atoms with van der Waals surface area (Å²) in [6, 6.07) is 8.12. The molecule has 4 heteroatoms. The fourth-order valence-electron chi connectivity index (χ4n) is 3.58. The monoisotopic (exact) mass is 316 g/mol. The molecule has 1 amide bonds. The van der Waals surface area contributed by atoms with E-state index in [-0.39, 0.29) is 11.8 Å². The molecule has 126 valence electrons. The second-order valence-corrected chi connectivity index (χ2v) is 7.03. The second kappa shape index (κ2) is 7.35. The standard InChI is InChI=1S/C19H28N2O2/c1-15-4-6-16(7-5-15)23-13-3-2-10-21-18(22)17-14-19(17)8-11-20-12-9-19/h4-7,17,20H,2-3,8-14H2,1H3,(H,21,22). The molecule has 1 unspecified atom stereocenters. The third-order valence-corrected chi connectivity index (χ3v) is 5.27. The Balaban J connectivity index is 1.26. The third kappa shape index (κ3) is 4.25. The molecule has 1 aromatic rings. The van der Waals surface area contributed by atoms with Crippen molar-refractivity contribution < 1.29 is 9.53 Å². The van der Waals surface area contributed by atoms with Crippen LogP contribution in [0.3, 0.4) is 0 Å². The number of amides is 1. The van der Waals surface area contributed by atoms with E-state index >= 15 is 0 Å². The highest BCUT2D eigenvalue weighted by Crippen LogP contribution is 2.58. The Bertz CT molecular complexity index is 521. The number of ether oxygens (including phenoxy) is 1. The van der Waals surface area contributed by atoms with Crippen molar-refractivity contribution in [1.82, 2.24) is 10.6 Å². The van der Waals surface area contributed by atoms with Gasteiger partial charge in [-0.1, -0.05) is 17.7 Å². The predicted octanol–water partition coefficient (Wildman–Crippen LogP) is 2.66. The van der Waals surface area contributed by atoms with E-state index in [4.69, 9.17) is 4.74 Å². The third-order valence-electron chi connectivity index (χ3n) is 5.27. The number of rotatable bonds is 7. The lowest BCUT2D eigenvalue weighted by molar-refractivity contribution is -0.123. The first-order chi connectivity index (χ1) is 11.2. The van der Waals surface area contributed by atoms with E-state index in [9.17, 15) is 4.79 Å². The quantitative estimate of drug-likeness (QED) is 0.760. The molecule has 0 bridgehead atoms. The van der Waals surface area contributed by atoms with Crippen LogP contribution >= 0.6 is 0 Å². The van der Waals surface area contributed by atoms with Gasteiger partial charge >= 0.3 is 0 Å². The van der Waals surface area contributed by atoms with Gasteiger partial charge in [0.05, 0.1) is 6.61 Å². The average Bonchev–Trinajstić information content (AvgIpc) is 3.26. The summed E-state index contributed by atoms with van der Waals surface area (Å²) in [4.78, 5) is 12.2. The number of nitrogens with one attached hydrogen (secondary N) is 2. The maximum atomic E-state index is 12.2. The molecule has 1 saturated carbocycles. The van der Waals surface area contributed by atoms with Crippen LogP contribution in [0.25, 0.3) is 0 Å². The van der Waals surface area contributed by atoms with Gasteiger partial charge in [-0.2, -0.15) is 0 Å². The number of hydrogen-bond donors (Lipinski definition) is 2. The molecule has 0 radical (unpaired) electrons. The Hall–Kier alpha value is -1.55. The van der Waals surface area contributed by atoms with Crippen LogP contribution in [-0.4, -0.2) is 32.1 Å². The van der Waals surface area contributed by atoms with Crippen molar-refractivity contribution in [2.75, 3.05) is 26.2 Å².